The van der Waals surface area contributed by atoms with Crippen molar-refractivity contribution in [3.8, 4) is 11.4 Å². The molecule has 146 valence electrons. The second kappa shape index (κ2) is 8.19. The Labute approximate surface area is 169 Å². The lowest BCUT2D eigenvalue weighted by Gasteiger charge is -2.09. The fraction of sp³-hybridized carbons (Fsp3) is 0.100. The van der Waals surface area contributed by atoms with Gasteiger partial charge in [0.15, 0.2) is 10.8 Å². The van der Waals surface area contributed by atoms with Crippen molar-refractivity contribution in [2.24, 2.45) is 0 Å². The summed E-state index contributed by atoms with van der Waals surface area (Å²) in [5, 5.41) is 7.78. The monoisotopic (exact) mass is 407 g/mol. The maximum Gasteiger partial charge on any atom is 0.262 e. The Balaban J connectivity index is 1.60. The van der Waals surface area contributed by atoms with Gasteiger partial charge in [0.1, 0.15) is 16.8 Å². The first-order valence-corrected chi connectivity index (χ1v) is 9.73. The van der Waals surface area contributed by atoms with E-state index in [1.54, 1.807) is 30.0 Å². The van der Waals surface area contributed by atoms with E-state index < -0.39 is 0 Å². The molecular formula is C20H17N5O3S. The number of methoxy groups -OCH3 is 1. The van der Waals surface area contributed by atoms with Gasteiger partial charge in [-0.2, -0.15) is 5.10 Å². The van der Waals surface area contributed by atoms with Crippen molar-refractivity contribution in [1.82, 2.24) is 19.7 Å². The van der Waals surface area contributed by atoms with E-state index in [4.69, 9.17) is 4.74 Å². The molecule has 9 heteroatoms. The van der Waals surface area contributed by atoms with E-state index in [1.165, 1.54) is 6.20 Å². The Kier molecular flexibility index (Phi) is 5.30. The molecular weight excluding hydrogens is 390 g/mol. The molecule has 4 aromatic rings. The van der Waals surface area contributed by atoms with Gasteiger partial charge >= 0.3 is 0 Å². The molecule has 8 nitrogen and oxygen atoms in total. The van der Waals surface area contributed by atoms with E-state index in [0.717, 1.165) is 11.8 Å². The van der Waals surface area contributed by atoms with Crippen molar-refractivity contribution in [3.63, 3.8) is 0 Å². The Morgan fingerprint density at radius 2 is 1.93 bits per heavy atom. The van der Waals surface area contributed by atoms with Gasteiger partial charge in [0.25, 0.3) is 5.56 Å². The van der Waals surface area contributed by atoms with Crippen molar-refractivity contribution in [1.29, 1.82) is 0 Å². The molecule has 2 aromatic carbocycles. The van der Waals surface area contributed by atoms with Crippen molar-refractivity contribution < 1.29 is 9.53 Å². The maximum absolute atomic E-state index is 12.4. The first-order valence-electron chi connectivity index (χ1n) is 8.75. The number of nitrogens with zero attached hydrogens (tertiary/aromatic N) is 3. The smallest absolute Gasteiger partial charge is 0.262 e. The zero-order valence-corrected chi connectivity index (χ0v) is 16.3. The van der Waals surface area contributed by atoms with Crippen molar-refractivity contribution >= 4 is 34.4 Å². The normalized spacial score (nSPS) is 10.8. The number of nitrogens with one attached hydrogen (secondary N) is 2. The molecule has 29 heavy (non-hydrogen) atoms. The van der Waals surface area contributed by atoms with E-state index in [9.17, 15) is 9.59 Å². The van der Waals surface area contributed by atoms with Crippen LogP contribution < -0.4 is 15.6 Å². The van der Waals surface area contributed by atoms with Crippen molar-refractivity contribution in [3.05, 3.63) is 71.1 Å². The van der Waals surface area contributed by atoms with Crippen LogP contribution in [0.15, 0.2) is 70.7 Å². The fourth-order valence-corrected chi connectivity index (χ4v) is 3.46. The van der Waals surface area contributed by atoms with Gasteiger partial charge < -0.3 is 15.0 Å². The van der Waals surface area contributed by atoms with E-state index in [1.807, 2.05) is 36.4 Å². The largest absolute Gasteiger partial charge is 0.494 e. The average molecular weight is 407 g/mol. The number of carbonyl (C=O) groups excluding carboxylic acids is 1. The molecule has 0 spiro atoms. The number of anilines is 1. The Morgan fingerprint density at radius 3 is 2.72 bits per heavy atom. The predicted octanol–water partition coefficient (Wildman–Crippen LogP) is 2.85. The summed E-state index contributed by atoms with van der Waals surface area (Å²) in [4.78, 5) is 31.8. The molecule has 0 saturated carbocycles. The number of ether oxygens (including phenoxy) is 1. The predicted molar refractivity (Wildman–Crippen MR) is 112 cm³/mol. The highest BCUT2D eigenvalue weighted by Gasteiger charge is 2.15. The van der Waals surface area contributed by atoms with Crippen LogP contribution in [-0.4, -0.2) is 38.5 Å². The summed E-state index contributed by atoms with van der Waals surface area (Å²) in [6.45, 7) is 0. The van der Waals surface area contributed by atoms with Gasteiger partial charge in [0.05, 0.1) is 19.1 Å². The number of fused-ring (bicyclic) bond motifs is 1. The molecule has 0 bridgehead atoms. The van der Waals surface area contributed by atoms with Crippen LogP contribution in [0.5, 0.6) is 5.75 Å². The SMILES string of the molecule is COc1ccccc1-n1ncc2c(=O)[nH]c(SCC(=O)Nc3ccccc3)nc21. The van der Waals surface area contributed by atoms with Gasteiger partial charge in [-0.15, -0.1) is 0 Å². The molecule has 0 fully saturated rings. The Morgan fingerprint density at radius 1 is 1.17 bits per heavy atom. The number of carbonyl (C=O) groups is 1. The quantitative estimate of drug-likeness (QED) is 0.376. The van der Waals surface area contributed by atoms with Gasteiger partial charge in [-0.3, -0.25) is 9.59 Å². The highest BCUT2D eigenvalue weighted by atomic mass is 32.2. The first-order chi connectivity index (χ1) is 14.2. The summed E-state index contributed by atoms with van der Waals surface area (Å²) >= 11 is 1.14. The van der Waals surface area contributed by atoms with Gasteiger partial charge in [-0.1, -0.05) is 42.1 Å². The lowest BCUT2D eigenvalue weighted by atomic mass is 10.3. The van der Waals surface area contributed by atoms with Gasteiger partial charge in [0, 0.05) is 5.69 Å². The maximum atomic E-state index is 12.4. The molecule has 2 aromatic heterocycles. The number of hydrogen-bond acceptors (Lipinski definition) is 6. The van der Waals surface area contributed by atoms with E-state index in [0.29, 0.717) is 33.3 Å². The van der Waals surface area contributed by atoms with Crippen LogP contribution in [0.4, 0.5) is 5.69 Å². The number of benzene rings is 2. The molecule has 4 rings (SSSR count). The van der Waals surface area contributed by atoms with Crippen LogP contribution in [0.3, 0.4) is 0 Å². The second-order valence-corrected chi connectivity index (χ2v) is 7.00. The Bertz CT molecular complexity index is 1220. The van der Waals surface area contributed by atoms with Crippen LogP contribution in [0, 0.1) is 0 Å². The summed E-state index contributed by atoms with van der Waals surface area (Å²) in [5.74, 6) is 0.518. The third-order valence-electron chi connectivity index (χ3n) is 4.13. The minimum Gasteiger partial charge on any atom is -0.494 e. The zero-order chi connectivity index (χ0) is 20.2. The van der Waals surface area contributed by atoms with Crippen LogP contribution in [-0.2, 0) is 4.79 Å². The lowest BCUT2D eigenvalue weighted by Crippen LogP contribution is -2.15. The third-order valence-corrected chi connectivity index (χ3v) is 5.00. The van der Waals surface area contributed by atoms with Gasteiger partial charge in [-0.05, 0) is 24.3 Å². The lowest BCUT2D eigenvalue weighted by molar-refractivity contribution is -0.113. The number of H-pyrrole nitrogens is 1. The molecule has 1 amide bonds. The number of aromatic nitrogens is 4. The highest BCUT2D eigenvalue weighted by molar-refractivity contribution is 7.99. The number of thioether (sulfide) groups is 1. The number of hydrogen-bond donors (Lipinski definition) is 2. The fourth-order valence-electron chi connectivity index (χ4n) is 2.80. The van der Waals surface area contributed by atoms with Crippen molar-refractivity contribution in [2.75, 3.05) is 18.2 Å². The molecule has 0 aliphatic carbocycles. The van der Waals surface area contributed by atoms with Gasteiger partial charge in [-0.25, -0.2) is 9.67 Å². The molecule has 0 radical (unpaired) electrons. The topological polar surface area (TPSA) is 102 Å². The molecule has 0 unspecified atom stereocenters. The summed E-state index contributed by atoms with van der Waals surface area (Å²) < 4.78 is 6.93. The molecule has 0 aliphatic rings. The summed E-state index contributed by atoms with van der Waals surface area (Å²) in [6.07, 6.45) is 1.46. The van der Waals surface area contributed by atoms with E-state index >= 15 is 0 Å². The first kappa shape index (κ1) is 18.8. The van der Waals surface area contributed by atoms with E-state index in [-0.39, 0.29) is 17.2 Å². The number of rotatable bonds is 6. The number of aromatic amines is 1. The highest BCUT2D eigenvalue weighted by Crippen LogP contribution is 2.24. The molecule has 0 aliphatic heterocycles. The summed E-state index contributed by atoms with van der Waals surface area (Å²) in [7, 11) is 1.57. The summed E-state index contributed by atoms with van der Waals surface area (Å²) in [5.41, 5.74) is 1.46. The summed E-state index contributed by atoms with van der Waals surface area (Å²) in [6, 6.07) is 16.5. The van der Waals surface area contributed by atoms with Crippen molar-refractivity contribution in [2.45, 2.75) is 5.16 Å². The second-order valence-electron chi connectivity index (χ2n) is 6.04. The Hall–Kier alpha value is -3.59. The number of amides is 1. The molecule has 2 N–H and O–H groups in total. The molecule has 0 saturated heterocycles. The minimum absolute atomic E-state index is 0.103. The third kappa shape index (κ3) is 3.99. The standard InChI is InChI=1S/C20H17N5O3S/c1-28-16-10-6-5-9-15(16)25-18-14(11-21-25)19(27)24-20(23-18)29-12-17(26)22-13-7-3-2-4-8-13/h2-11H,12H2,1H3,(H,22,26)(H,23,24,27). The van der Waals surface area contributed by atoms with Crippen LogP contribution in [0.2, 0.25) is 0 Å². The average Bonchev–Trinajstić information content (AvgIpc) is 3.17. The molecule has 2 heterocycles. The van der Waals surface area contributed by atoms with Crippen LogP contribution >= 0.6 is 11.8 Å². The number of para-hydroxylation sites is 3. The van der Waals surface area contributed by atoms with Crippen LogP contribution in [0.25, 0.3) is 16.7 Å². The minimum atomic E-state index is -0.317. The van der Waals surface area contributed by atoms with Gasteiger partial charge in [0.2, 0.25) is 5.91 Å². The molecule has 0 atom stereocenters. The van der Waals surface area contributed by atoms with Crippen LogP contribution in [0.1, 0.15) is 0 Å². The zero-order valence-electron chi connectivity index (χ0n) is 15.5. The van der Waals surface area contributed by atoms with E-state index in [2.05, 4.69) is 20.4 Å².